The fourth-order valence-electron chi connectivity index (χ4n) is 6.72. The molecule has 0 spiro atoms. The van der Waals surface area contributed by atoms with E-state index in [2.05, 4.69) is 57.2 Å². The Morgan fingerprint density at radius 1 is 0.386 bits per heavy atom. The van der Waals surface area contributed by atoms with E-state index in [0.717, 1.165) is 70.6 Å². The smallest absolute Gasteiger partial charge is 0.309 e. The lowest BCUT2D eigenvalue weighted by Gasteiger charge is -2.18. The van der Waals surface area contributed by atoms with Crippen molar-refractivity contribution in [2.45, 2.75) is 245 Å². The summed E-state index contributed by atoms with van der Waals surface area (Å²) in [6.07, 6.45) is 54.3. The molecule has 0 heterocycles. The Kier molecular flexibility index (Phi) is 43.9. The molecule has 6 heteroatoms. The Morgan fingerprint density at radius 3 is 1.26 bits per heavy atom. The first-order valence-corrected chi connectivity index (χ1v) is 24.1. The molecular formula is C51H90O6. The first-order valence-electron chi connectivity index (χ1n) is 24.1. The summed E-state index contributed by atoms with van der Waals surface area (Å²) in [4.78, 5) is 37.6. The second-order valence-electron chi connectivity index (χ2n) is 16.0. The molecule has 330 valence electrons. The summed E-state index contributed by atoms with van der Waals surface area (Å²) in [5, 5.41) is 0. The third kappa shape index (κ3) is 44.3. The lowest BCUT2D eigenvalue weighted by molar-refractivity contribution is -0.166. The van der Waals surface area contributed by atoms with Gasteiger partial charge in [-0.3, -0.25) is 14.4 Å². The molecule has 6 nitrogen and oxygen atoms in total. The van der Waals surface area contributed by atoms with Gasteiger partial charge in [0, 0.05) is 12.8 Å². The second kappa shape index (κ2) is 46.1. The molecule has 0 saturated carbocycles. The summed E-state index contributed by atoms with van der Waals surface area (Å²) in [5.74, 6) is -1.04. The van der Waals surface area contributed by atoms with Gasteiger partial charge in [0.25, 0.3) is 0 Å². The van der Waals surface area contributed by atoms with E-state index >= 15 is 0 Å². The normalized spacial score (nSPS) is 12.4. The maximum atomic E-state index is 12.7. The van der Waals surface area contributed by atoms with Crippen molar-refractivity contribution in [3.63, 3.8) is 0 Å². The molecule has 0 fully saturated rings. The van der Waals surface area contributed by atoms with Crippen LogP contribution in [0.15, 0.2) is 48.6 Å². The van der Waals surface area contributed by atoms with Crippen LogP contribution in [0.4, 0.5) is 0 Å². The highest BCUT2D eigenvalue weighted by atomic mass is 16.6. The van der Waals surface area contributed by atoms with Crippen LogP contribution < -0.4 is 0 Å². The third-order valence-electron chi connectivity index (χ3n) is 10.4. The first-order chi connectivity index (χ1) is 28.0. The topological polar surface area (TPSA) is 78.9 Å². The number of unbranched alkanes of at least 4 members (excludes halogenated alkanes) is 25. The molecule has 0 amide bonds. The molecular weight excluding hydrogens is 709 g/mol. The summed E-state index contributed by atoms with van der Waals surface area (Å²) < 4.78 is 16.6. The quantitative estimate of drug-likeness (QED) is 0.0265. The largest absolute Gasteiger partial charge is 0.462 e. The Labute approximate surface area is 352 Å². The number of hydrogen-bond acceptors (Lipinski definition) is 6. The Hall–Kier alpha value is -2.63. The van der Waals surface area contributed by atoms with Gasteiger partial charge in [-0.15, -0.1) is 0 Å². The van der Waals surface area contributed by atoms with E-state index in [1.165, 1.54) is 128 Å². The zero-order valence-electron chi connectivity index (χ0n) is 37.6. The van der Waals surface area contributed by atoms with E-state index in [9.17, 15) is 14.4 Å². The van der Waals surface area contributed by atoms with Crippen LogP contribution in [0.3, 0.4) is 0 Å². The van der Waals surface area contributed by atoms with Crippen molar-refractivity contribution in [3.05, 3.63) is 48.6 Å². The second-order valence-corrected chi connectivity index (χ2v) is 16.0. The van der Waals surface area contributed by atoms with Gasteiger partial charge in [0.05, 0.1) is 6.42 Å². The van der Waals surface area contributed by atoms with Crippen LogP contribution in [0.5, 0.6) is 0 Å². The fraction of sp³-hybridized carbons (Fsp3) is 0.784. The average molecular weight is 799 g/mol. The van der Waals surface area contributed by atoms with Crippen molar-refractivity contribution in [2.75, 3.05) is 13.2 Å². The van der Waals surface area contributed by atoms with Crippen LogP contribution in [0.25, 0.3) is 0 Å². The van der Waals surface area contributed by atoms with Gasteiger partial charge >= 0.3 is 17.9 Å². The van der Waals surface area contributed by atoms with Crippen LogP contribution in [0.1, 0.15) is 239 Å². The van der Waals surface area contributed by atoms with Crippen molar-refractivity contribution in [1.82, 2.24) is 0 Å². The molecule has 1 atom stereocenters. The maximum Gasteiger partial charge on any atom is 0.309 e. The fourth-order valence-corrected chi connectivity index (χ4v) is 6.72. The van der Waals surface area contributed by atoms with E-state index in [1.807, 2.05) is 6.08 Å². The number of carbonyl (C=O) groups is 3. The van der Waals surface area contributed by atoms with Gasteiger partial charge in [0.2, 0.25) is 0 Å². The van der Waals surface area contributed by atoms with Gasteiger partial charge in [-0.25, -0.2) is 0 Å². The number of esters is 3. The minimum Gasteiger partial charge on any atom is -0.462 e. The van der Waals surface area contributed by atoms with Gasteiger partial charge < -0.3 is 14.2 Å². The molecule has 0 bridgehead atoms. The summed E-state index contributed by atoms with van der Waals surface area (Å²) in [6, 6.07) is 0. The summed E-state index contributed by atoms with van der Waals surface area (Å²) in [7, 11) is 0. The molecule has 0 aromatic heterocycles. The van der Waals surface area contributed by atoms with Crippen molar-refractivity contribution in [2.24, 2.45) is 0 Å². The molecule has 0 rings (SSSR count). The van der Waals surface area contributed by atoms with E-state index in [4.69, 9.17) is 14.2 Å². The van der Waals surface area contributed by atoms with Gasteiger partial charge in [-0.05, 0) is 51.4 Å². The highest BCUT2D eigenvalue weighted by molar-refractivity contribution is 5.72. The lowest BCUT2D eigenvalue weighted by Crippen LogP contribution is -2.30. The highest BCUT2D eigenvalue weighted by Gasteiger charge is 2.19. The van der Waals surface area contributed by atoms with Crippen LogP contribution >= 0.6 is 0 Å². The van der Waals surface area contributed by atoms with Crippen molar-refractivity contribution in [3.8, 4) is 0 Å². The first kappa shape index (κ1) is 54.4. The van der Waals surface area contributed by atoms with Crippen LogP contribution in [0.2, 0.25) is 0 Å². The Balaban J connectivity index is 4.29. The zero-order valence-corrected chi connectivity index (χ0v) is 37.6. The van der Waals surface area contributed by atoms with Crippen molar-refractivity contribution in [1.29, 1.82) is 0 Å². The van der Waals surface area contributed by atoms with Gasteiger partial charge in [-0.2, -0.15) is 0 Å². The Bertz CT molecular complexity index is 1010. The molecule has 0 aliphatic rings. The van der Waals surface area contributed by atoms with Crippen LogP contribution in [0, 0.1) is 0 Å². The molecule has 1 unspecified atom stereocenters. The lowest BCUT2D eigenvalue weighted by atomic mass is 10.0. The minimum atomic E-state index is -0.807. The third-order valence-corrected chi connectivity index (χ3v) is 10.4. The van der Waals surface area contributed by atoms with Gasteiger partial charge in [0.15, 0.2) is 6.10 Å². The Morgan fingerprint density at radius 2 is 0.772 bits per heavy atom. The summed E-state index contributed by atoms with van der Waals surface area (Å²) in [6.45, 7) is 6.38. The van der Waals surface area contributed by atoms with Gasteiger partial charge in [0.1, 0.15) is 13.2 Å². The van der Waals surface area contributed by atoms with Gasteiger partial charge in [-0.1, -0.05) is 217 Å². The van der Waals surface area contributed by atoms with Crippen molar-refractivity contribution >= 4 is 17.9 Å². The van der Waals surface area contributed by atoms with E-state index < -0.39 is 12.1 Å². The highest BCUT2D eigenvalue weighted by Crippen LogP contribution is 2.16. The number of ether oxygens (including phenoxy) is 3. The number of allylic oxidation sites excluding steroid dienone is 7. The molecule has 0 aliphatic heterocycles. The summed E-state index contributed by atoms with van der Waals surface area (Å²) >= 11 is 0. The maximum absolute atomic E-state index is 12.7. The molecule has 0 N–H and O–H groups in total. The number of rotatable bonds is 43. The average Bonchev–Trinajstić information content (AvgIpc) is 3.21. The molecule has 0 radical (unpaired) electrons. The standard InChI is InChI=1S/C51H90O6/c1-4-7-10-13-16-19-21-22-23-24-25-26-27-28-30-32-35-38-41-44-50(53)56-47-48(46-55-49(52)43-40-37-34-31-18-15-12-9-6-3)57-51(54)45-42-39-36-33-29-20-17-14-11-8-5-2/h9,12,14,17-18,31,37,40,48H,4-8,10-11,13,15-16,19-30,32-36,38-39,41-47H2,1-3H3/b12-9-,17-14-,31-18-,40-37-. The molecule has 0 aliphatic carbocycles. The SMILES string of the molecule is CC/C=C\C/C=C\C/C=C\CC(=O)OCC(COC(=O)CCCCCCCCCCCCCCCCCCCCC)OC(=O)CCCCCCC/C=C\CCCC. The van der Waals surface area contributed by atoms with E-state index in [-0.39, 0.29) is 31.6 Å². The predicted molar refractivity (Wildman–Crippen MR) is 242 cm³/mol. The monoisotopic (exact) mass is 799 g/mol. The van der Waals surface area contributed by atoms with Crippen LogP contribution in [-0.4, -0.2) is 37.2 Å². The van der Waals surface area contributed by atoms with E-state index in [1.54, 1.807) is 6.08 Å². The molecule has 0 aromatic carbocycles. The van der Waals surface area contributed by atoms with E-state index in [0.29, 0.717) is 12.8 Å². The van der Waals surface area contributed by atoms with Crippen molar-refractivity contribution < 1.29 is 28.6 Å². The molecule has 57 heavy (non-hydrogen) atoms. The minimum absolute atomic E-state index is 0.101. The summed E-state index contributed by atoms with van der Waals surface area (Å²) in [5.41, 5.74) is 0. The number of hydrogen-bond donors (Lipinski definition) is 0. The molecule has 0 aromatic rings. The predicted octanol–water partition coefficient (Wildman–Crippen LogP) is 15.5. The number of carbonyl (C=O) groups excluding carboxylic acids is 3. The molecule has 0 saturated heterocycles. The van der Waals surface area contributed by atoms with Crippen LogP contribution in [-0.2, 0) is 28.6 Å². The zero-order chi connectivity index (χ0) is 41.5.